The Morgan fingerprint density at radius 1 is 1.14 bits per heavy atom. The summed E-state index contributed by atoms with van der Waals surface area (Å²) in [6, 6.07) is 13.1. The van der Waals surface area contributed by atoms with E-state index in [9.17, 15) is 4.79 Å². The zero-order chi connectivity index (χ0) is 27.0. The lowest BCUT2D eigenvalue weighted by molar-refractivity contribution is 0.262. The van der Waals surface area contributed by atoms with Gasteiger partial charge in [0.05, 0.1) is 6.61 Å². The maximum Gasteiger partial charge on any atom is 0.323 e. The molecular formula is C27H33BrN6O2Si. The lowest BCUT2D eigenvalue weighted by atomic mass is 10.1. The van der Waals surface area contributed by atoms with Gasteiger partial charge in [-0.1, -0.05) is 50.6 Å². The molecule has 0 aliphatic carbocycles. The number of hydrogen-bond donors (Lipinski definition) is 3. The highest BCUT2D eigenvalue weighted by atomic mass is 79.9. The fraction of sp³-hybridized carbons (Fsp3) is 0.296. The Labute approximate surface area is 226 Å². The molecule has 0 bridgehead atoms. The van der Waals surface area contributed by atoms with Gasteiger partial charge in [0.1, 0.15) is 15.9 Å². The first-order chi connectivity index (χ1) is 17.4. The number of nitrogens with one attached hydrogen (secondary N) is 2. The minimum Gasteiger partial charge on any atom is -0.412 e. The Morgan fingerprint density at radius 3 is 2.51 bits per heavy atom. The number of nitrogens with zero attached hydrogens (tertiary/aromatic N) is 3. The normalized spacial score (nSPS) is 12.1. The molecule has 4 N–H and O–H groups in total. The minimum absolute atomic E-state index is 0.0293. The number of rotatable bonds is 6. The molecule has 0 unspecified atom stereocenters. The number of carbonyl (C=O) groups excluding carboxylic acids is 1. The van der Waals surface area contributed by atoms with Crippen molar-refractivity contribution in [2.75, 3.05) is 16.4 Å². The first-order valence-corrected chi connectivity index (χ1v) is 15.8. The maximum absolute atomic E-state index is 13.0. The minimum atomic E-state index is -2.09. The zero-order valence-electron chi connectivity index (χ0n) is 22.0. The van der Waals surface area contributed by atoms with Crippen LogP contribution in [0.15, 0.2) is 59.5 Å². The summed E-state index contributed by atoms with van der Waals surface area (Å²) in [7, 11) is -2.09. The van der Waals surface area contributed by atoms with Gasteiger partial charge in [0.2, 0.25) is 0 Å². The molecule has 0 saturated heterocycles. The van der Waals surface area contributed by atoms with Crippen LogP contribution >= 0.6 is 15.9 Å². The number of hydrogen-bond acceptors (Lipinski definition) is 5. The van der Waals surface area contributed by atoms with Gasteiger partial charge in [-0.3, -0.25) is 4.40 Å². The molecule has 194 valence electrons. The van der Waals surface area contributed by atoms with Crippen LogP contribution in [0.2, 0.25) is 18.1 Å². The molecular weight excluding hydrogens is 548 g/mol. The number of aromatic nitrogens is 3. The van der Waals surface area contributed by atoms with Gasteiger partial charge in [0, 0.05) is 34.9 Å². The highest BCUT2D eigenvalue weighted by Gasteiger charge is 2.37. The van der Waals surface area contributed by atoms with Crippen LogP contribution in [0.25, 0.3) is 16.9 Å². The highest BCUT2D eigenvalue weighted by molar-refractivity contribution is 9.10. The van der Waals surface area contributed by atoms with Gasteiger partial charge in [-0.05, 0) is 59.2 Å². The molecule has 37 heavy (non-hydrogen) atoms. The first-order valence-electron chi connectivity index (χ1n) is 12.1. The van der Waals surface area contributed by atoms with Gasteiger partial charge >= 0.3 is 6.03 Å². The number of nitrogens with two attached hydrogens (primary N) is 1. The van der Waals surface area contributed by atoms with Crippen molar-refractivity contribution in [1.82, 2.24) is 14.4 Å². The third kappa shape index (κ3) is 5.71. The first kappa shape index (κ1) is 26.8. The van der Waals surface area contributed by atoms with Gasteiger partial charge in [-0.2, -0.15) is 0 Å². The van der Waals surface area contributed by atoms with Crippen molar-refractivity contribution in [1.29, 1.82) is 0 Å². The van der Waals surface area contributed by atoms with E-state index in [1.807, 2.05) is 60.0 Å². The molecule has 2 aromatic carbocycles. The van der Waals surface area contributed by atoms with Crippen molar-refractivity contribution >= 4 is 53.0 Å². The number of imidazole rings is 1. The lowest BCUT2D eigenvalue weighted by Gasteiger charge is -2.36. The summed E-state index contributed by atoms with van der Waals surface area (Å²) in [6.45, 7) is 13.4. The smallest absolute Gasteiger partial charge is 0.323 e. The van der Waals surface area contributed by atoms with Crippen LogP contribution in [-0.4, -0.2) is 28.7 Å². The standard InChI is InChI=1S/C27H33BrN6O2Si/c1-17-10-12-18(13-11-17)31-26(35)32-21-9-7-8-19(20(21)16-36-37(5,6)27(2,3)4)25-33-23(28)22-24(29)30-14-15-34(22)25/h7-15H,16H2,1-6H3,(H2,29,30)(H2,31,32,35). The third-order valence-corrected chi connectivity index (χ3v) is 11.9. The van der Waals surface area contributed by atoms with Gasteiger partial charge in [0.15, 0.2) is 14.1 Å². The van der Waals surface area contributed by atoms with Crippen LogP contribution in [0, 0.1) is 6.92 Å². The summed E-state index contributed by atoms with van der Waals surface area (Å²) in [4.78, 5) is 21.9. The predicted octanol–water partition coefficient (Wildman–Crippen LogP) is 7.22. The molecule has 2 aromatic heterocycles. The van der Waals surface area contributed by atoms with Gasteiger partial charge in [-0.25, -0.2) is 14.8 Å². The Balaban J connectivity index is 1.76. The number of urea groups is 1. The molecule has 2 heterocycles. The Morgan fingerprint density at radius 2 is 1.84 bits per heavy atom. The summed E-state index contributed by atoms with van der Waals surface area (Å²) >= 11 is 3.53. The van der Waals surface area contributed by atoms with E-state index in [4.69, 9.17) is 15.1 Å². The maximum atomic E-state index is 13.0. The Kier molecular flexibility index (Phi) is 7.45. The Bertz CT molecular complexity index is 1440. The number of amides is 2. The van der Waals surface area contributed by atoms with Crippen molar-refractivity contribution in [3.05, 3.63) is 70.6 Å². The summed E-state index contributed by atoms with van der Waals surface area (Å²) in [5.74, 6) is 1.05. The second-order valence-corrected chi connectivity index (χ2v) is 16.1. The van der Waals surface area contributed by atoms with Crippen molar-refractivity contribution in [2.45, 2.75) is 52.4 Å². The number of anilines is 3. The SMILES string of the molecule is Cc1ccc(NC(=O)Nc2cccc(-c3nc(Br)c4c(N)nccn34)c2CO[Si](C)(C)C(C)(C)C)cc1. The fourth-order valence-corrected chi connectivity index (χ4v) is 5.17. The molecule has 0 atom stereocenters. The average Bonchev–Trinajstić information content (AvgIpc) is 3.16. The molecule has 8 nitrogen and oxygen atoms in total. The topological polar surface area (TPSA) is 107 Å². The van der Waals surface area contributed by atoms with Crippen molar-refractivity contribution in [3.63, 3.8) is 0 Å². The van der Waals surface area contributed by atoms with Gasteiger partial charge < -0.3 is 20.8 Å². The second kappa shape index (κ2) is 10.3. The molecule has 4 rings (SSSR count). The van der Waals surface area contributed by atoms with Crippen LogP contribution in [0.1, 0.15) is 31.9 Å². The van der Waals surface area contributed by atoms with Crippen LogP contribution in [0.3, 0.4) is 0 Å². The van der Waals surface area contributed by atoms with Crippen LogP contribution in [-0.2, 0) is 11.0 Å². The number of halogens is 1. The third-order valence-electron chi connectivity index (χ3n) is 6.90. The number of nitrogen functional groups attached to an aromatic ring is 1. The second-order valence-electron chi connectivity index (χ2n) is 10.6. The molecule has 0 saturated carbocycles. The van der Waals surface area contributed by atoms with E-state index in [0.29, 0.717) is 39.7 Å². The molecule has 2 amide bonds. The van der Waals surface area contributed by atoms with E-state index in [-0.39, 0.29) is 11.1 Å². The molecule has 0 aliphatic rings. The summed E-state index contributed by atoms with van der Waals surface area (Å²) < 4.78 is 9.11. The summed E-state index contributed by atoms with van der Waals surface area (Å²) in [6.07, 6.45) is 3.46. The van der Waals surface area contributed by atoms with Gasteiger partial charge in [-0.15, -0.1) is 0 Å². The number of fused-ring (bicyclic) bond motifs is 1. The van der Waals surface area contributed by atoms with E-state index >= 15 is 0 Å². The van der Waals surface area contributed by atoms with E-state index < -0.39 is 8.32 Å². The summed E-state index contributed by atoms with van der Waals surface area (Å²) in [5, 5.41) is 5.96. The fourth-order valence-electron chi connectivity index (χ4n) is 3.67. The van der Waals surface area contributed by atoms with E-state index in [1.54, 1.807) is 6.20 Å². The van der Waals surface area contributed by atoms with Crippen LogP contribution < -0.4 is 16.4 Å². The number of carbonyl (C=O) groups is 1. The van der Waals surface area contributed by atoms with Crippen LogP contribution in [0.4, 0.5) is 22.0 Å². The zero-order valence-corrected chi connectivity index (χ0v) is 24.6. The quantitative estimate of drug-likeness (QED) is 0.209. The molecule has 0 aliphatic heterocycles. The molecule has 0 radical (unpaired) electrons. The van der Waals surface area contributed by atoms with Crippen molar-refractivity contribution in [2.24, 2.45) is 0 Å². The Hall–Kier alpha value is -3.21. The molecule has 10 heteroatoms. The highest BCUT2D eigenvalue weighted by Crippen LogP contribution is 2.39. The molecule has 0 spiro atoms. The van der Waals surface area contributed by atoms with E-state index in [0.717, 1.165) is 16.7 Å². The van der Waals surface area contributed by atoms with Gasteiger partial charge in [0.25, 0.3) is 0 Å². The van der Waals surface area contributed by atoms with Crippen LogP contribution in [0.5, 0.6) is 0 Å². The monoisotopic (exact) mass is 580 g/mol. The number of aryl methyl sites for hydroxylation is 1. The molecule has 4 aromatic rings. The summed E-state index contributed by atoms with van der Waals surface area (Å²) in [5.41, 5.74) is 11.0. The van der Waals surface area contributed by atoms with Crippen molar-refractivity contribution < 1.29 is 9.22 Å². The van der Waals surface area contributed by atoms with E-state index in [1.165, 1.54) is 0 Å². The van der Waals surface area contributed by atoms with Crippen molar-refractivity contribution in [3.8, 4) is 11.4 Å². The average molecular weight is 582 g/mol. The molecule has 0 fully saturated rings. The van der Waals surface area contributed by atoms with E-state index in [2.05, 4.69) is 65.4 Å². The lowest BCUT2D eigenvalue weighted by Crippen LogP contribution is -2.40. The predicted molar refractivity (Wildman–Crippen MR) is 156 cm³/mol. The largest absolute Gasteiger partial charge is 0.412 e. The number of benzene rings is 2.